The molecule has 0 N–H and O–H groups in total. The lowest BCUT2D eigenvalue weighted by molar-refractivity contribution is -1.91. The van der Waals surface area contributed by atoms with Crippen molar-refractivity contribution >= 4 is 52.4 Å². The molecule has 0 saturated heterocycles. The standard InChI is InChI=1S/C17H11Br2ClO4S/c18-14-8-4-12(5-9-14)16-2-1-3-17(25(16)24-20(21,22)23)13-6-10-15(19)11-7-13/h1-11H. The van der Waals surface area contributed by atoms with Crippen molar-refractivity contribution in [3.05, 3.63) is 86.8 Å². The zero-order valence-electron chi connectivity index (χ0n) is 12.5. The van der Waals surface area contributed by atoms with Crippen LogP contribution in [0.1, 0.15) is 11.1 Å². The topological polar surface area (TPSA) is 78.4 Å². The minimum atomic E-state index is -4.58. The molecule has 1 heterocycles. The van der Waals surface area contributed by atoms with Gasteiger partial charge >= 0.3 is 0 Å². The van der Waals surface area contributed by atoms with Gasteiger partial charge in [0.15, 0.2) is 0 Å². The SMILES string of the molecule is [O-][Cl+3]([O-])([O-])OS1=C(c2ccc(Br)cc2)C=CC=C1c1ccc(Br)cc1. The predicted molar refractivity (Wildman–Crippen MR) is 98.2 cm³/mol. The largest absolute Gasteiger partial charge is 0.182 e. The van der Waals surface area contributed by atoms with E-state index in [0.717, 1.165) is 20.1 Å². The second kappa shape index (κ2) is 7.85. The molecular formula is C17H11Br2ClO4S. The first kappa shape index (κ1) is 19.0. The normalized spacial score (nSPS) is 17.6. The van der Waals surface area contributed by atoms with Crippen LogP contribution in [0.2, 0.25) is 0 Å². The van der Waals surface area contributed by atoms with Crippen LogP contribution < -0.4 is 14.0 Å². The zero-order chi connectivity index (χ0) is 18.0. The van der Waals surface area contributed by atoms with Crippen LogP contribution in [0.3, 0.4) is 0 Å². The molecular weight excluding hydrogens is 496 g/mol. The van der Waals surface area contributed by atoms with Crippen LogP contribution in [0, 0.1) is 10.2 Å². The molecule has 2 aromatic carbocycles. The smallest absolute Gasteiger partial charge is 0.148 e. The summed E-state index contributed by atoms with van der Waals surface area (Å²) in [5.74, 6) is 0. The lowest BCUT2D eigenvalue weighted by Crippen LogP contribution is -2.60. The Balaban J connectivity index is 2.14. The Morgan fingerprint density at radius 2 is 1.32 bits per heavy atom. The molecule has 1 aliphatic rings. The van der Waals surface area contributed by atoms with Crippen LogP contribution in [0.15, 0.2) is 75.7 Å². The van der Waals surface area contributed by atoms with Gasteiger partial charge in [-0.15, -0.1) is 0 Å². The fourth-order valence-electron chi connectivity index (χ4n) is 2.24. The molecule has 0 amide bonds. The molecule has 3 rings (SSSR count). The van der Waals surface area contributed by atoms with Crippen LogP contribution in [-0.2, 0) is 3.74 Å². The van der Waals surface area contributed by atoms with E-state index in [1.807, 2.05) is 54.6 Å². The highest BCUT2D eigenvalue weighted by atomic mass is 79.9. The van der Waals surface area contributed by atoms with Crippen LogP contribution in [0.4, 0.5) is 0 Å². The van der Waals surface area contributed by atoms with Crippen molar-refractivity contribution in [1.82, 2.24) is 0 Å². The number of rotatable bonds is 4. The summed E-state index contributed by atoms with van der Waals surface area (Å²) in [6.45, 7) is 0. The summed E-state index contributed by atoms with van der Waals surface area (Å²) in [6, 6.07) is 14.7. The Labute approximate surface area is 166 Å². The summed E-state index contributed by atoms with van der Waals surface area (Å²) in [7, 11) is -5.93. The molecule has 25 heavy (non-hydrogen) atoms. The van der Waals surface area contributed by atoms with Gasteiger partial charge < -0.3 is 0 Å². The van der Waals surface area contributed by atoms with Crippen LogP contribution in [-0.4, -0.2) is 4.86 Å². The Morgan fingerprint density at radius 1 is 0.800 bits per heavy atom. The Morgan fingerprint density at radius 3 is 1.84 bits per heavy atom. The summed E-state index contributed by atoms with van der Waals surface area (Å²) in [5, 5.41) is 0. The van der Waals surface area contributed by atoms with Gasteiger partial charge in [0.05, 0.1) is 20.0 Å². The van der Waals surface area contributed by atoms with Gasteiger partial charge in [0.1, 0.15) is 14.5 Å². The summed E-state index contributed by atoms with van der Waals surface area (Å²) in [6.07, 6.45) is 5.33. The van der Waals surface area contributed by atoms with Crippen molar-refractivity contribution in [2.75, 3.05) is 0 Å². The first-order valence-corrected chi connectivity index (χ1v) is 10.9. The fourth-order valence-corrected chi connectivity index (χ4v) is 5.28. The lowest BCUT2D eigenvalue weighted by atomic mass is 10.1. The number of hydrogen-bond donors (Lipinski definition) is 0. The van der Waals surface area contributed by atoms with Gasteiger partial charge in [0.25, 0.3) is 0 Å². The zero-order valence-corrected chi connectivity index (χ0v) is 17.3. The molecule has 0 radical (unpaired) electrons. The third-order valence-corrected chi connectivity index (χ3v) is 7.01. The van der Waals surface area contributed by atoms with E-state index in [1.54, 1.807) is 12.2 Å². The maximum absolute atomic E-state index is 11.3. The Hall–Kier alpha value is -0.770. The molecule has 4 nitrogen and oxygen atoms in total. The summed E-state index contributed by atoms with van der Waals surface area (Å²) in [5.41, 5.74) is 1.56. The van der Waals surface area contributed by atoms with Gasteiger partial charge in [-0.25, -0.2) is 0 Å². The summed E-state index contributed by atoms with van der Waals surface area (Å²) >= 11 is 6.74. The average Bonchev–Trinajstić information content (AvgIpc) is 2.55. The molecule has 0 aromatic heterocycles. The second-order valence-electron chi connectivity index (χ2n) is 4.98. The highest BCUT2D eigenvalue weighted by Crippen LogP contribution is 2.42. The summed E-state index contributed by atoms with van der Waals surface area (Å²) < 4.78 is 40.6. The first-order chi connectivity index (χ1) is 11.8. The van der Waals surface area contributed by atoms with E-state index >= 15 is 0 Å². The molecule has 8 heteroatoms. The average molecular weight is 507 g/mol. The molecule has 0 fully saturated rings. The predicted octanol–water partition coefficient (Wildman–Crippen LogP) is 2.44. The molecule has 0 aliphatic carbocycles. The first-order valence-electron chi connectivity index (χ1n) is 6.96. The molecule has 1 unspecified atom stereocenters. The number of hydrogen-bond acceptors (Lipinski definition) is 4. The van der Waals surface area contributed by atoms with E-state index in [1.165, 1.54) is 0 Å². The van der Waals surface area contributed by atoms with Gasteiger partial charge in [0.2, 0.25) is 0 Å². The molecule has 2 aromatic rings. The number of benzene rings is 2. The Kier molecular flexibility index (Phi) is 5.97. The molecule has 0 saturated carbocycles. The van der Waals surface area contributed by atoms with E-state index in [-0.39, 0.29) is 0 Å². The Bertz CT molecular complexity index is 869. The molecule has 0 bridgehead atoms. The molecule has 0 spiro atoms. The summed E-state index contributed by atoms with van der Waals surface area (Å²) in [4.78, 5) is 1.25. The van der Waals surface area contributed by atoms with Gasteiger partial charge in [-0.3, -0.25) is 0 Å². The van der Waals surface area contributed by atoms with Crippen molar-refractivity contribution in [1.29, 1.82) is 0 Å². The van der Waals surface area contributed by atoms with Crippen LogP contribution in [0.25, 0.3) is 4.91 Å². The fraction of sp³-hybridized carbons (Fsp3) is 0. The minimum absolute atomic E-state index is 0.625. The van der Waals surface area contributed by atoms with Gasteiger partial charge in [-0.1, -0.05) is 62.2 Å². The van der Waals surface area contributed by atoms with Crippen molar-refractivity contribution in [3.63, 3.8) is 0 Å². The quantitative estimate of drug-likeness (QED) is 0.597. The monoisotopic (exact) mass is 504 g/mol. The van der Waals surface area contributed by atoms with Crippen molar-refractivity contribution in [2.45, 2.75) is 0 Å². The number of halogens is 3. The lowest BCUT2D eigenvalue weighted by Gasteiger charge is -2.19. The van der Waals surface area contributed by atoms with E-state index in [2.05, 4.69) is 31.9 Å². The third-order valence-electron chi connectivity index (χ3n) is 3.29. The minimum Gasteiger partial charge on any atom is -0.182 e. The van der Waals surface area contributed by atoms with Crippen LogP contribution in [0.5, 0.6) is 0 Å². The van der Waals surface area contributed by atoms with Crippen molar-refractivity contribution in [3.8, 4) is 0 Å². The maximum Gasteiger partial charge on any atom is 0.148 e. The highest BCUT2D eigenvalue weighted by molar-refractivity contribution is 9.10. The highest BCUT2D eigenvalue weighted by Gasteiger charge is 2.30. The van der Waals surface area contributed by atoms with E-state index in [0.29, 0.717) is 9.77 Å². The van der Waals surface area contributed by atoms with Gasteiger partial charge in [0, 0.05) is 8.95 Å². The third kappa shape index (κ3) is 4.90. The molecule has 130 valence electrons. The van der Waals surface area contributed by atoms with Crippen LogP contribution >= 0.6 is 42.6 Å². The maximum atomic E-state index is 11.3. The van der Waals surface area contributed by atoms with Gasteiger partial charge in [-0.05, 0) is 47.5 Å². The molecule has 1 atom stereocenters. The van der Waals surface area contributed by atoms with Crippen molar-refractivity contribution in [2.24, 2.45) is 0 Å². The second-order valence-corrected chi connectivity index (χ2v) is 9.49. The van der Waals surface area contributed by atoms with E-state index in [4.69, 9.17) is 3.74 Å². The molecule has 1 aliphatic heterocycles. The van der Waals surface area contributed by atoms with Gasteiger partial charge in [-0.2, -0.15) is 14.0 Å². The van der Waals surface area contributed by atoms with E-state index < -0.39 is 21.0 Å². The number of allylic oxidation sites excluding steroid dienone is 3. The van der Waals surface area contributed by atoms with Crippen molar-refractivity contribution < 1.29 is 28.0 Å². The van der Waals surface area contributed by atoms with E-state index in [9.17, 15) is 14.0 Å².